The molecule has 1 aliphatic rings. The standard InChI is InChI=1S/C12H15N3O3/c1-2-18-11(17)10(16)9-7-13-12(14-8-9)15-5-3-4-6-15/h7-8H,2-6H2,1H3. The lowest BCUT2D eigenvalue weighted by atomic mass is 10.2. The lowest BCUT2D eigenvalue weighted by molar-refractivity contribution is -0.137. The van der Waals surface area contributed by atoms with Crippen LogP contribution in [0.2, 0.25) is 0 Å². The number of esters is 1. The third kappa shape index (κ3) is 2.64. The second-order valence-electron chi connectivity index (χ2n) is 4.02. The van der Waals surface area contributed by atoms with E-state index < -0.39 is 11.8 Å². The van der Waals surface area contributed by atoms with E-state index in [0.717, 1.165) is 25.9 Å². The maximum Gasteiger partial charge on any atom is 0.379 e. The van der Waals surface area contributed by atoms with E-state index in [1.54, 1.807) is 6.92 Å². The summed E-state index contributed by atoms with van der Waals surface area (Å²) < 4.78 is 4.63. The van der Waals surface area contributed by atoms with Crippen LogP contribution < -0.4 is 4.90 Å². The van der Waals surface area contributed by atoms with Crippen LogP contribution in [0.3, 0.4) is 0 Å². The quantitative estimate of drug-likeness (QED) is 0.447. The summed E-state index contributed by atoms with van der Waals surface area (Å²) in [5.74, 6) is -0.965. The predicted octanol–water partition coefficient (Wildman–Crippen LogP) is 0.823. The smallest absolute Gasteiger partial charge is 0.379 e. The topological polar surface area (TPSA) is 72.4 Å². The summed E-state index contributed by atoms with van der Waals surface area (Å²) in [6, 6.07) is 0. The van der Waals surface area contributed by atoms with Gasteiger partial charge in [-0.05, 0) is 19.8 Å². The number of carbonyl (C=O) groups excluding carboxylic acids is 2. The van der Waals surface area contributed by atoms with Crippen molar-refractivity contribution < 1.29 is 14.3 Å². The van der Waals surface area contributed by atoms with E-state index in [2.05, 4.69) is 19.6 Å². The molecular weight excluding hydrogens is 234 g/mol. The molecule has 1 aromatic rings. The highest BCUT2D eigenvalue weighted by molar-refractivity contribution is 6.40. The van der Waals surface area contributed by atoms with Gasteiger partial charge in [0.2, 0.25) is 5.95 Å². The van der Waals surface area contributed by atoms with Crippen LogP contribution in [0.25, 0.3) is 0 Å². The number of ether oxygens (including phenoxy) is 1. The zero-order chi connectivity index (χ0) is 13.0. The van der Waals surface area contributed by atoms with Gasteiger partial charge in [-0.2, -0.15) is 0 Å². The molecule has 1 fully saturated rings. The first-order chi connectivity index (χ1) is 8.72. The van der Waals surface area contributed by atoms with Gasteiger partial charge in [0.15, 0.2) is 0 Å². The Hall–Kier alpha value is -1.98. The van der Waals surface area contributed by atoms with Crippen LogP contribution in [0.15, 0.2) is 12.4 Å². The monoisotopic (exact) mass is 249 g/mol. The summed E-state index contributed by atoms with van der Waals surface area (Å²) in [6.45, 7) is 3.70. The van der Waals surface area contributed by atoms with Crippen LogP contribution in [0.1, 0.15) is 30.1 Å². The Bertz CT molecular complexity index is 438. The summed E-state index contributed by atoms with van der Waals surface area (Å²) in [6.07, 6.45) is 5.01. The highest BCUT2D eigenvalue weighted by atomic mass is 16.5. The van der Waals surface area contributed by atoms with Crippen LogP contribution in [0, 0.1) is 0 Å². The molecule has 6 heteroatoms. The number of anilines is 1. The Morgan fingerprint density at radius 1 is 1.28 bits per heavy atom. The molecule has 0 saturated carbocycles. The van der Waals surface area contributed by atoms with Gasteiger partial charge in [0.05, 0.1) is 12.2 Å². The van der Waals surface area contributed by atoms with Gasteiger partial charge in [0.1, 0.15) is 0 Å². The van der Waals surface area contributed by atoms with E-state index >= 15 is 0 Å². The van der Waals surface area contributed by atoms with Gasteiger partial charge in [-0.3, -0.25) is 4.79 Å². The first-order valence-electron chi connectivity index (χ1n) is 6.01. The molecule has 0 radical (unpaired) electrons. The highest BCUT2D eigenvalue weighted by Crippen LogP contribution is 2.14. The van der Waals surface area contributed by atoms with E-state index in [4.69, 9.17) is 0 Å². The summed E-state index contributed by atoms with van der Waals surface area (Å²) in [5.41, 5.74) is 0.163. The van der Waals surface area contributed by atoms with Crippen molar-refractivity contribution in [3.05, 3.63) is 18.0 Å². The summed E-state index contributed by atoms with van der Waals surface area (Å²) >= 11 is 0. The molecule has 0 aliphatic carbocycles. The zero-order valence-electron chi connectivity index (χ0n) is 10.3. The van der Waals surface area contributed by atoms with Crippen molar-refractivity contribution in [3.8, 4) is 0 Å². The van der Waals surface area contributed by atoms with Gasteiger partial charge in [0, 0.05) is 25.5 Å². The Balaban J connectivity index is 2.07. The first kappa shape index (κ1) is 12.5. The van der Waals surface area contributed by atoms with Gasteiger partial charge >= 0.3 is 5.97 Å². The third-order valence-electron chi connectivity index (χ3n) is 2.75. The Morgan fingerprint density at radius 3 is 2.44 bits per heavy atom. The molecule has 2 rings (SSSR count). The number of hydrogen-bond donors (Lipinski definition) is 0. The molecule has 0 amide bonds. The van der Waals surface area contributed by atoms with Gasteiger partial charge in [-0.1, -0.05) is 0 Å². The van der Waals surface area contributed by atoms with E-state index in [1.165, 1.54) is 12.4 Å². The fraction of sp³-hybridized carbons (Fsp3) is 0.500. The molecule has 1 saturated heterocycles. The molecule has 0 aromatic carbocycles. The van der Waals surface area contributed by atoms with Gasteiger partial charge in [0.25, 0.3) is 5.78 Å². The molecule has 0 atom stereocenters. The van der Waals surface area contributed by atoms with E-state index in [1.807, 2.05) is 0 Å². The minimum absolute atomic E-state index is 0.163. The number of aromatic nitrogens is 2. The summed E-state index contributed by atoms with van der Waals surface area (Å²) in [5, 5.41) is 0. The Morgan fingerprint density at radius 2 is 1.89 bits per heavy atom. The van der Waals surface area contributed by atoms with E-state index in [9.17, 15) is 9.59 Å². The molecule has 96 valence electrons. The molecule has 6 nitrogen and oxygen atoms in total. The minimum Gasteiger partial charge on any atom is -0.460 e. The Kier molecular flexibility index (Phi) is 3.86. The summed E-state index contributed by atoms with van der Waals surface area (Å²) in [4.78, 5) is 33.1. The third-order valence-corrected chi connectivity index (χ3v) is 2.75. The van der Waals surface area contributed by atoms with Crippen LogP contribution in [0.4, 0.5) is 5.95 Å². The van der Waals surface area contributed by atoms with Crippen molar-refractivity contribution in [2.24, 2.45) is 0 Å². The van der Waals surface area contributed by atoms with Crippen molar-refractivity contribution in [2.45, 2.75) is 19.8 Å². The molecule has 2 heterocycles. The fourth-order valence-corrected chi connectivity index (χ4v) is 1.83. The van der Waals surface area contributed by atoms with Gasteiger partial charge in [-0.15, -0.1) is 0 Å². The maximum atomic E-state index is 11.6. The van der Waals surface area contributed by atoms with E-state index in [-0.39, 0.29) is 12.2 Å². The fourth-order valence-electron chi connectivity index (χ4n) is 1.83. The second kappa shape index (κ2) is 5.57. The molecule has 0 N–H and O–H groups in total. The van der Waals surface area contributed by atoms with Crippen LogP contribution >= 0.6 is 0 Å². The number of carbonyl (C=O) groups is 2. The maximum absolute atomic E-state index is 11.6. The van der Waals surface area contributed by atoms with Crippen molar-refractivity contribution in [3.63, 3.8) is 0 Å². The van der Waals surface area contributed by atoms with Gasteiger partial charge in [-0.25, -0.2) is 14.8 Å². The van der Waals surface area contributed by atoms with E-state index in [0.29, 0.717) is 5.95 Å². The van der Waals surface area contributed by atoms with Crippen LogP contribution in [-0.4, -0.2) is 41.4 Å². The average Bonchev–Trinajstić information content (AvgIpc) is 2.92. The number of rotatable bonds is 4. The lowest BCUT2D eigenvalue weighted by Gasteiger charge is -2.14. The molecule has 0 bridgehead atoms. The molecule has 0 spiro atoms. The number of Topliss-reactive ketones (excluding diaryl/α,β-unsaturated/α-hetero) is 1. The first-order valence-corrected chi connectivity index (χ1v) is 6.01. The van der Waals surface area contributed by atoms with Crippen molar-refractivity contribution in [2.75, 3.05) is 24.6 Å². The SMILES string of the molecule is CCOC(=O)C(=O)c1cnc(N2CCCC2)nc1. The summed E-state index contributed by atoms with van der Waals surface area (Å²) in [7, 11) is 0. The van der Waals surface area contributed by atoms with Crippen molar-refractivity contribution in [1.82, 2.24) is 9.97 Å². The number of ketones is 1. The molecule has 1 aromatic heterocycles. The molecule has 1 aliphatic heterocycles. The molecule has 18 heavy (non-hydrogen) atoms. The van der Waals surface area contributed by atoms with Crippen LogP contribution in [-0.2, 0) is 9.53 Å². The highest BCUT2D eigenvalue weighted by Gasteiger charge is 2.20. The normalized spacial score (nSPS) is 14.6. The second-order valence-corrected chi connectivity index (χ2v) is 4.02. The number of nitrogens with zero attached hydrogens (tertiary/aromatic N) is 3. The predicted molar refractivity (Wildman–Crippen MR) is 64.4 cm³/mol. The largest absolute Gasteiger partial charge is 0.460 e. The zero-order valence-corrected chi connectivity index (χ0v) is 10.3. The number of hydrogen-bond acceptors (Lipinski definition) is 6. The van der Waals surface area contributed by atoms with Gasteiger partial charge < -0.3 is 9.64 Å². The van der Waals surface area contributed by atoms with Crippen molar-refractivity contribution >= 4 is 17.7 Å². The van der Waals surface area contributed by atoms with Crippen molar-refractivity contribution in [1.29, 1.82) is 0 Å². The average molecular weight is 249 g/mol. The Labute approximate surface area is 105 Å². The molecular formula is C12H15N3O3. The lowest BCUT2D eigenvalue weighted by Crippen LogP contribution is -2.22. The van der Waals surface area contributed by atoms with Crippen LogP contribution in [0.5, 0.6) is 0 Å². The molecule has 0 unspecified atom stereocenters. The minimum atomic E-state index is -0.866.